The summed E-state index contributed by atoms with van der Waals surface area (Å²) in [6.07, 6.45) is 0. The molecule has 0 N–H and O–H groups in total. The second-order valence-electron chi connectivity index (χ2n) is 6.14. The first-order chi connectivity index (χ1) is 11.3. The quantitative estimate of drug-likeness (QED) is 0.812. The Morgan fingerprint density at radius 2 is 1.78 bits per heavy atom. The number of fused-ring (bicyclic) bond motifs is 1. The van der Waals surface area contributed by atoms with E-state index in [-0.39, 0.29) is 17.8 Å². The van der Waals surface area contributed by atoms with E-state index in [0.29, 0.717) is 13.2 Å². The van der Waals surface area contributed by atoms with Gasteiger partial charge < -0.3 is 4.74 Å². The summed E-state index contributed by atoms with van der Waals surface area (Å²) >= 11 is 0. The van der Waals surface area contributed by atoms with Crippen LogP contribution in [0.3, 0.4) is 0 Å². The van der Waals surface area contributed by atoms with E-state index < -0.39 is 5.41 Å². The molecule has 0 unspecified atom stereocenters. The Morgan fingerprint density at radius 3 is 2.43 bits per heavy atom. The number of carbonyl (C=O) groups is 1. The number of nitrogens with zero attached hydrogens (tertiary/aromatic N) is 1. The van der Waals surface area contributed by atoms with E-state index in [1.165, 1.54) is 5.56 Å². The van der Waals surface area contributed by atoms with Crippen molar-refractivity contribution in [3.05, 3.63) is 71.8 Å². The molecule has 116 valence electrons. The third kappa shape index (κ3) is 1.96. The number of ether oxygens (including phenoxy) is 1. The smallest absolute Gasteiger partial charge is 0.319 e. The summed E-state index contributed by atoms with van der Waals surface area (Å²) in [4.78, 5) is 17.6. The molecule has 0 amide bonds. The summed E-state index contributed by atoms with van der Waals surface area (Å²) in [5, 5.41) is 0. The van der Waals surface area contributed by atoms with Gasteiger partial charge in [-0.2, -0.15) is 0 Å². The number of rotatable bonds is 4. The molecule has 0 aromatic heterocycles. The van der Waals surface area contributed by atoms with Gasteiger partial charge in [0, 0.05) is 18.4 Å². The largest absolute Gasteiger partial charge is 0.465 e. The first-order valence-corrected chi connectivity index (χ1v) is 8.12. The van der Waals surface area contributed by atoms with Gasteiger partial charge in [0.05, 0.1) is 12.3 Å². The van der Waals surface area contributed by atoms with Crippen LogP contribution in [-0.2, 0) is 9.53 Å². The molecule has 0 spiro atoms. The Labute approximate surface area is 136 Å². The SMILES string of the molecule is CCOC(=O)[C@@]12C(c3ccccc3)=NC[C@@H]1[C@H]2c1ccccc1. The first-order valence-electron chi connectivity index (χ1n) is 8.12. The number of benzene rings is 2. The van der Waals surface area contributed by atoms with Gasteiger partial charge in [0.1, 0.15) is 5.41 Å². The normalized spacial score (nSPS) is 28.0. The van der Waals surface area contributed by atoms with E-state index >= 15 is 0 Å². The molecule has 1 saturated carbocycles. The highest BCUT2D eigenvalue weighted by atomic mass is 16.5. The maximum Gasteiger partial charge on any atom is 0.319 e. The van der Waals surface area contributed by atoms with Gasteiger partial charge in [0.2, 0.25) is 0 Å². The van der Waals surface area contributed by atoms with Crippen molar-refractivity contribution in [1.82, 2.24) is 0 Å². The topological polar surface area (TPSA) is 38.7 Å². The highest BCUT2D eigenvalue weighted by molar-refractivity contribution is 6.21. The molecule has 3 atom stereocenters. The molecular weight excluding hydrogens is 286 g/mol. The Bertz CT molecular complexity index is 754. The summed E-state index contributed by atoms with van der Waals surface area (Å²) in [7, 11) is 0. The highest BCUT2D eigenvalue weighted by Crippen LogP contribution is 2.69. The van der Waals surface area contributed by atoms with Crippen molar-refractivity contribution in [3.8, 4) is 0 Å². The van der Waals surface area contributed by atoms with Gasteiger partial charge in [0.25, 0.3) is 0 Å². The lowest BCUT2D eigenvalue weighted by molar-refractivity contribution is -0.147. The average molecular weight is 305 g/mol. The van der Waals surface area contributed by atoms with Crippen LogP contribution in [0.5, 0.6) is 0 Å². The van der Waals surface area contributed by atoms with Crippen LogP contribution < -0.4 is 0 Å². The van der Waals surface area contributed by atoms with Crippen LogP contribution in [0, 0.1) is 11.3 Å². The zero-order chi connectivity index (χ0) is 15.9. The summed E-state index contributed by atoms with van der Waals surface area (Å²) in [6, 6.07) is 20.3. The van der Waals surface area contributed by atoms with Crippen LogP contribution in [0.15, 0.2) is 65.7 Å². The summed E-state index contributed by atoms with van der Waals surface area (Å²) in [5.74, 6) is 0.272. The minimum atomic E-state index is -0.598. The molecule has 0 bridgehead atoms. The number of aliphatic imine (C=N–C) groups is 1. The Morgan fingerprint density at radius 1 is 1.13 bits per heavy atom. The Balaban J connectivity index is 1.79. The van der Waals surface area contributed by atoms with Gasteiger partial charge in [-0.25, -0.2) is 0 Å². The van der Waals surface area contributed by atoms with E-state index in [1.807, 2.05) is 55.5 Å². The molecule has 1 aliphatic heterocycles. The monoisotopic (exact) mass is 305 g/mol. The molecule has 1 heterocycles. The third-order valence-corrected chi connectivity index (χ3v) is 5.03. The van der Waals surface area contributed by atoms with E-state index in [9.17, 15) is 4.79 Å². The molecule has 2 aromatic rings. The molecule has 3 nitrogen and oxygen atoms in total. The lowest BCUT2D eigenvalue weighted by atomic mass is 9.89. The predicted molar refractivity (Wildman–Crippen MR) is 89.6 cm³/mol. The van der Waals surface area contributed by atoms with Crippen molar-refractivity contribution < 1.29 is 9.53 Å². The molecule has 2 aliphatic rings. The van der Waals surface area contributed by atoms with Crippen LogP contribution in [0.1, 0.15) is 24.0 Å². The molecule has 3 heteroatoms. The van der Waals surface area contributed by atoms with Crippen LogP contribution in [0.2, 0.25) is 0 Å². The van der Waals surface area contributed by atoms with Crippen molar-refractivity contribution in [3.63, 3.8) is 0 Å². The molecule has 1 fully saturated rings. The van der Waals surface area contributed by atoms with Crippen molar-refractivity contribution in [1.29, 1.82) is 0 Å². The third-order valence-electron chi connectivity index (χ3n) is 5.03. The standard InChI is InChI=1S/C20H19NO2/c1-2-23-19(22)20-16(17(20)14-9-5-3-6-10-14)13-21-18(20)15-11-7-4-8-12-15/h3-12,16-17H,2,13H2,1H3/t16-,17-,20+/m1/s1. The Kier molecular flexibility index (Phi) is 3.29. The van der Waals surface area contributed by atoms with Crippen LogP contribution in [-0.4, -0.2) is 24.8 Å². The van der Waals surface area contributed by atoms with E-state index in [4.69, 9.17) is 9.73 Å². The lowest BCUT2D eigenvalue weighted by Crippen LogP contribution is -2.30. The second-order valence-corrected chi connectivity index (χ2v) is 6.14. The average Bonchev–Trinajstić information content (AvgIpc) is 3.12. The molecule has 23 heavy (non-hydrogen) atoms. The minimum Gasteiger partial charge on any atom is -0.465 e. The predicted octanol–water partition coefficient (Wildman–Crippen LogP) is 3.45. The zero-order valence-electron chi connectivity index (χ0n) is 13.1. The van der Waals surface area contributed by atoms with E-state index in [1.54, 1.807) is 0 Å². The van der Waals surface area contributed by atoms with Gasteiger partial charge in [-0.15, -0.1) is 0 Å². The van der Waals surface area contributed by atoms with Crippen LogP contribution in [0.25, 0.3) is 0 Å². The zero-order valence-corrected chi connectivity index (χ0v) is 13.1. The molecule has 0 saturated heterocycles. The lowest BCUT2D eigenvalue weighted by Gasteiger charge is -2.18. The molecule has 4 rings (SSSR count). The second kappa shape index (κ2) is 5.34. The molecule has 0 radical (unpaired) electrons. The highest BCUT2D eigenvalue weighted by Gasteiger charge is 2.75. The van der Waals surface area contributed by atoms with Gasteiger partial charge >= 0.3 is 5.97 Å². The number of hydrogen-bond acceptors (Lipinski definition) is 3. The summed E-state index contributed by atoms with van der Waals surface area (Å²) < 4.78 is 5.45. The van der Waals surface area contributed by atoms with Crippen molar-refractivity contribution in [2.75, 3.05) is 13.2 Å². The summed E-state index contributed by atoms with van der Waals surface area (Å²) in [5.41, 5.74) is 2.53. The molecule has 1 aliphatic carbocycles. The van der Waals surface area contributed by atoms with Crippen LogP contribution >= 0.6 is 0 Å². The number of esters is 1. The molecular formula is C20H19NO2. The van der Waals surface area contributed by atoms with Crippen molar-refractivity contribution in [2.45, 2.75) is 12.8 Å². The van der Waals surface area contributed by atoms with E-state index in [0.717, 1.165) is 11.3 Å². The Hall–Kier alpha value is -2.42. The molecule has 2 aromatic carbocycles. The van der Waals surface area contributed by atoms with Crippen molar-refractivity contribution in [2.24, 2.45) is 16.3 Å². The maximum absolute atomic E-state index is 12.9. The number of carbonyl (C=O) groups excluding carboxylic acids is 1. The first kappa shape index (κ1) is 14.2. The number of hydrogen-bond donors (Lipinski definition) is 0. The van der Waals surface area contributed by atoms with Crippen molar-refractivity contribution >= 4 is 11.7 Å². The fourth-order valence-corrected chi connectivity index (χ4v) is 4.06. The van der Waals surface area contributed by atoms with Gasteiger partial charge in [0.15, 0.2) is 0 Å². The van der Waals surface area contributed by atoms with E-state index in [2.05, 4.69) is 12.1 Å². The van der Waals surface area contributed by atoms with Gasteiger partial charge in [-0.1, -0.05) is 60.7 Å². The fourth-order valence-electron chi connectivity index (χ4n) is 4.06. The fraction of sp³-hybridized carbons (Fsp3) is 0.300. The van der Waals surface area contributed by atoms with Gasteiger partial charge in [-0.05, 0) is 18.1 Å². The summed E-state index contributed by atoms with van der Waals surface area (Å²) in [6.45, 7) is 2.96. The minimum absolute atomic E-state index is 0.126. The maximum atomic E-state index is 12.9. The van der Waals surface area contributed by atoms with Crippen LogP contribution in [0.4, 0.5) is 0 Å². The van der Waals surface area contributed by atoms with Gasteiger partial charge in [-0.3, -0.25) is 9.79 Å².